The molecule has 0 radical (unpaired) electrons. The summed E-state index contributed by atoms with van der Waals surface area (Å²) in [5.74, 6) is 0. The summed E-state index contributed by atoms with van der Waals surface area (Å²) in [6.07, 6.45) is 3.18. The second-order valence-electron chi connectivity index (χ2n) is 4.37. The third-order valence-electron chi connectivity index (χ3n) is 3.20. The summed E-state index contributed by atoms with van der Waals surface area (Å²) in [7, 11) is 0. The Hall–Kier alpha value is -2.43. The lowest BCUT2D eigenvalue weighted by molar-refractivity contribution is -0.573. The van der Waals surface area contributed by atoms with Crippen LogP contribution in [0.1, 0.15) is 11.1 Å². The maximum Gasteiger partial charge on any atom is 0.319 e. The number of aryl methyl sites for hydroxylation is 2. The minimum absolute atomic E-state index is 0.140. The average Bonchev–Trinajstić information content (AvgIpc) is 2.83. The van der Waals surface area contributed by atoms with Gasteiger partial charge in [-0.15, -0.1) is 5.10 Å². The van der Waals surface area contributed by atoms with Crippen LogP contribution in [0.25, 0.3) is 16.7 Å². The van der Waals surface area contributed by atoms with Gasteiger partial charge in [0, 0.05) is 0 Å². The second kappa shape index (κ2) is 3.80. The molecule has 0 aliphatic heterocycles. The standard InChI is InChI=1S/C13H12N4O/c1-8-3-4-10(5-9(8)2)17-7-14-13(18)11-6-15-16-12(11)17/h3-7H,1-2H3,(H,15,16,18)/p+1. The lowest BCUT2D eigenvalue weighted by Crippen LogP contribution is -2.35. The zero-order valence-electron chi connectivity index (χ0n) is 10.2. The molecule has 0 saturated carbocycles. The first-order chi connectivity index (χ1) is 8.66. The Morgan fingerprint density at radius 2 is 2.06 bits per heavy atom. The fourth-order valence-corrected chi connectivity index (χ4v) is 1.97. The van der Waals surface area contributed by atoms with E-state index >= 15 is 0 Å². The number of rotatable bonds is 1. The van der Waals surface area contributed by atoms with E-state index in [1.807, 2.05) is 10.6 Å². The summed E-state index contributed by atoms with van der Waals surface area (Å²) in [6.45, 7) is 4.14. The molecule has 0 atom stereocenters. The largest absolute Gasteiger partial charge is 0.319 e. The molecule has 18 heavy (non-hydrogen) atoms. The SMILES string of the molecule is Cc1ccc(-[n+]2c[nH]c(=O)c3cn[nH]c32)cc1C. The molecule has 0 saturated heterocycles. The van der Waals surface area contributed by atoms with Crippen LogP contribution < -0.4 is 10.1 Å². The Kier molecular flexibility index (Phi) is 2.26. The van der Waals surface area contributed by atoms with Gasteiger partial charge in [-0.1, -0.05) is 6.07 Å². The van der Waals surface area contributed by atoms with Gasteiger partial charge < -0.3 is 0 Å². The van der Waals surface area contributed by atoms with Crippen LogP contribution >= 0.6 is 0 Å². The van der Waals surface area contributed by atoms with Gasteiger partial charge in [0.15, 0.2) is 11.7 Å². The lowest BCUT2D eigenvalue weighted by atomic mass is 10.1. The number of aromatic amines is 2. The highest BCUT2D eigenvalue weighted by molar-refractivity contribution is 5.69. The molecule has 3 rings (SSSR count). The molecule has 5 nitrogen and oxygen atoms in total. The van der Waals surface area contributed by atoms with Gasteiger partial charge in [0.1, 0.15) is 5.69 Å². The Morgan fingerprint density at radius 1 is 1.22 bits per heavy atom. The Morgan fingerprint density at radius 3 is 2.83 bits per heavy atom. The number of hydrogen-bond donors (Lipinski definition) is 2. The van der Waals surface area contributed by atoms with E-state index in [-0.39, 0.29) is 5.56 Å². The topological polar surface area (TPSA) is 65.4 Å². The molecule has 1 aromatic carbocycles. The summed E-state index contributed by atoms with van der Waals surface area (Å²) >= 11 is 0. The molecule has 0 unspecified atom stereocenters. The maximum absolute atomic E-state index is 11.6. The number of nitrogens with one attached hydrogen (secondary N) is 2. The normalized spacial score (nSPS) is 11.0. The average molecular weight is 241 g/mol. The number of nitrogens with zero attached hydrogens (tertiary/aromatic N) is 2. The van der Waals surface area contributed by atoms with E-state index in [2.05, 4.69) is 41.2 Å². The minimum atomic E-state index is -0.140. The van der Waals surface area contributed by atoms with Crippen LogP contribution in [-0.4, -0.2) is 15.2 Å². The Bertz CT molecular complexity index is 785. The van der Waals surface area contributed by atoms with Crippen molar-refractivity contribution >= 4 is 11.0 Å². The quantitative estimate of drug-likeness (QED) is 0.627. The number of H-pyrrole nitrogens is 2. The van der Waals surface area contributed by atoms with Crippen LogP contribution in [0, 0.1) is 13.8 Å². The van der Waals surface area contributed by atoms with Gasteiger partial charge in [-0.25, -0.2) is 9.55 Å². The summed E-state index contributed by atoms with van der Waals surface area (Å²) in [6, 6.07) is 6.15. The fourth-order valence-electron chi connectivity index (χ4n) is 1.97. The maximum atomic E-state index is 11.6. The van der Waals surface area contributed by atoms with Gasteiger partial charge in [-0.3, -0.25) is 4.79 Å². The van der Waals surface area contributed by atoms with Crippen molar-refractivity contribution in [1.82, 2.24) is 15.2 Å². The molecule has 90 valence electrons. The monoisotopic (exact) mass is 241 g/mol. The van der Waals surface area contributed by atoms with E-state index in [9.17, 15) is 4.79 Å². The van der Waals surface area contributed by atoms with Crippen LogP contribution in [0.5, 0.6) is 0 Å². The van der Waals surface area contributed by atoms with Gasteiger partial charge >= 0.3 is 5.56 Å². The summed E-state index contributed by atoms with van der Waals surface area (Å²) in [5, 5.41) is 7.33. The number of fused-ring (bicyclic) bond motifs is 1. The number of hydrogen-bond acceptors (Lipinski definition) is 2. The second-order valence-corrected chi connectivity index (χ2v) is 4.37. The smallest absolute Gasteiger partial charge is 0.250 e. The van der Waals surface area contributed by atoms with Gasteiger partial charge in [-0.2, -0.15) is 5.10 Å². The number of benzene rings is 1. The molecule has 2 N–H and O–H groups in total. The van der Waals surface area contributed by atoms with E-state index in [1.54, 1.807) is 6.33 Å². The molecule has 0 spiro atoms. The van der Waals surface area contributed by atoms with Crippen molar-refractivity contribution in [3.05, 3.63) is 52.2 Å². The van der Waals surface area contributed by atoms with E-state index in [4.69, 9.17) is 0 Å². The predicted molar refractivity (Wildman–Crippen MR) is 67.7 cm³/mol. The third kappa shape index (κ3) is 1.52. The van der Waals surface area contributed by atoms with Crippen molar-refractivity contribution in [1.29, 1.82) is 0 Å². The molecule has 0 aliphatic carbocycles. The van der Waals surface area contributed by atoms with Crippen LogP contribution in [0.3, 0.4) is 0 Å². The first-order valence-electron chi connectivity index (χ1n) is 5.71. The molecule has 2 aromatic heterocycles. The van der Waals surface area contributed by atoms with Crippen molar-refractivity contribution in [2.24, 2.45) is 0 Å². The Labute approximate surface area is 103 Å². The molecule has 0 bridgehead atoms. The van der Waals surface area contributed by atoms with Crippen LogP contribution in [0.15, 0.2) is 35.5 Å². The highest BCUT2D eigenvalue weighted by Crippen LogP contribution is 2.10. The van der Waals surface area contributed by atoms with Crippen LogP contribution in [0.2, 0.25) is 0 Å². The molecule has 2 heterocycles. The van der Waals surface area contributed by atoms with Crippen molar-refractivity contribution in [2.75, 3.05) is 0 Å². The highest BCUT2D eigenvalue weighted by Gasteiger charge is 2.13. The first kappa shape index (κ1) is 10.7. The molecular formula is C13H13N4O+. The van der Waals surface area contributed by atoms with Crippen molar-refractivity contribution in [3.63, 3.8) is 0 Å². The predicted octanol–water partition coefficient (Wildman–Crippen LogP) is 1.14. The molecular weight excluding hydrogens is 228 g/mol. The summed E-state index contributed by atoms with van der Waals surface area (Å²) < 4.78 is 1.89. The van der Waals surface area contributed by atoms with E-state index in [0.717, 1.165) is 5.69 Å². The molecule has 3 aromatic rings. The number of aromatic nitrogens is 4. The Balaban J connectivity index is 2.31. The van der Waals surface area contributed by atoms with Gasteiger partial charge in [0.2, 0.25) is 0 Å². The molecule has 0 fully saturated rings. The molecule has 5 heteroatoms. The summed E-state index contributed by atoms with van der Waals surface area (Å²) in [4.78, 5) is 14.3. The molecule has 0 amide bonds. The van der Waals surface area contributed by atoms with Crippen LogP contribution in [-0.2, 0) is 0 Å². The van der Waals surface area contributed by atoms with Gasteiger partial charge in [0.25, 0.3) is 5.65 Å². The van der Waals surface area contributed by atoms with Gasteiger partial charge in [0.05, 0.1) is 6.20 Å². The third-order valence-corrected chi connectivity index (χ3v) is 3.20. The fraction of sp³-hybridized carbons (Fsp3) is 0.154. The van der Waals surface area contributed by atoms with E-state index < -0.39 is 0 Å². The van der Waals surface area contributed by atoms with Gasteiger partial charge in [-0.05, 0) is 37.1 Å². The minimum Gasteiger partial charge on any atom is -0.250 e. The van der Waals surface area contributed by atoms with E-state index in [1.165, 1.54) is 17.3 Å². The van der Waals surface area contributed by atoms with E-state index in [0.29, 0.717) is 11.0 Å². The molecule has 0 aliphatic rings. The first-order valence-corrected chi connectivity index (χ1v) is 5.71. The van der Waals surface area contributed by atoms with Crippen molar-refractivity contribution < 1.29 is 4.57 Å². The highest BCUT2D eigenvalue weighted by atomic mass is 16.1. The zero-order chi connectivity index (χ0) is 12.7. The van der Waals surface area contributed by atoms with Crippen molar-refractivity contribution in [2.45, 2.75) is 13.8 Å². The lowest BCUT2D eigenvalue weighted by Gasteiger charge is -2.04. The van der Waals surface area contributed by atoms with Crippen molar-refractivity contribution in [3.8, 4) is 5.69 Å². The summed E-state index contributed by atoms with van der Waals surface area (Å²) in [5.41, 5.74) is 3.99. The van der Waals surface area contributed by atoms with Crippen LogP contribution in [0.4, 0.5) is 0 Å². The zero-order valence-corrected chi connectivity index (χ0v) is 10.2.